The van der Waals surface area contributed by atoms with Crippen LogP contribution in [0.5, 0.6) is 0 Å². The number of fused-ring (bicyclic) bond motifs is 1. The predicted octanol–water partition coefficient (Wildman–Crippen LogP) is 3.65. The summed E-state index contributed by atoms with van der Waals surface area (Å²) in [5, 5.41) is 1.36. The number of hydrogen-bond acceptors (Lipinski definition) is 5. The molecule has 0 aromatic carbocycles. The Balaban J connectivity index is 2.61. The molecule has 2 aromatic heterocycles. The Morgan fingerprint density at radius 1 is 1.25 bits per heavy atom. The Bertz CT molecular complexity index is 1000. The maximum atomic E-state index is 13.3. The monoisotopic (exact) mass is 434 g/mol. The van der Waals surface area contributed by atoms with E-state index >= 15 is 0 Å². The van der Waals surface area contributed by atoms with Crippen LogP contribution >= 0.6 is 11.3 Å². The number of nitrogens with zero attached hydrogens (tertiary/aromatic N) is 3. The van der Waals surface area contributed by atoms with Gasteiger partial charge in [-0.05, 0) is 6.92 Å². The highest BCUT2D eigenvalue weighted by molar-refractivity contribution is 7.15. The third-order valence-corrected chi connectivity index (χ3v) is 4.36. The molecule has 0 unspecified atom stereocenters. The number of nitrogens with two attached hydrogens (primary N) is 1. The highest BCUT2D eigenvalue weighted by atomic mass is 32.1. The average molecular weight is 434 g/mol. The van der Waals surface area contributed by atoms with Crippen molar-refractivity contribution in [2.45, 2.75) is 25.2 Å². The Morgan fingerprint density at radius 2 is 1.86 bits per heavy atom. The van der Waals surface area contributed by atoms with E-state index in [1.807, 2.05) is 0 Å². The molecular weight excluding hydrogens is 424 g/mol. The van der Waals surface area contributed by atoms with Gasteiger partial charge in [0.15, 0.2) is 10.7 Å². The fourth-order valence-electron chi connectivity index (χ4n) is 2.09. The SMILES string of the molecule is Cc1csc2nc(C(F)(F)F)c(C(C=NCC(F)(F)C(F)(F)F)=CN)c(=O)n12. The molecule has 14 heteroatoms. The Kier molecular flexibility index (Phi) is 5.56. The first kappa shape index (κ1) is 21.8. The lowest BCUT2D eigenvalue weighted by atomic mass is 10.1. The molecule has 0 bridgehead atoms. The van der Waals surface area contributed by atoms with Gasteiger partial charge in [-0.1, -0.05) is 0 Å². The van der Waals surface area contributed by atoms with Gasteiger partial charge in [0.1, 0.15) is 6.54 Å². The first-order valence-electron chi connectivity index (χ1n) is 7.15. The lowest BCUT2D eigenvalue weighted by Gasteiger charge is -2.17. The molecule has 5 nitrogen and oxygen atoms in total. The summed E-state index contributed by atoms with van der Waals surface area (Å²) >= 11 is 0.754. The molecule has 0 radical (unpaired) electrons. The predicted molar refractivity (Wildman–Crippen MR) is 85.6 cm³/mol. The van der Waals surface area contributed by atoms with Crippen LogP contribution in [0.2, 0.25) is 0 Å². The molecule has 0 aliphatic rings. The van der Waals surface area contributed by atoms with Crippen molar-refractivity contribution in [2.75, 3.05) is 6.54 Å². The number of aryl methyl sites for hydroxylation is 1. The van der Waals surface area contributed by atoms with Crippen LogP contribution < -0.4 is 11.3 Å². The summed E-state index contributed by atoms with van der Waals surface area (Å²) in [5.41, 5.74) is 0.612. The Hall–Kier alpha value is -2.51. The number of halogens is 8. The van der Waals surface area contributed by atoms with Crippen molar-refractivity contribution >= 4 is 28.1 Å². The lowest BCUT2D eigenvalue weighted by Crippen LogP contribution is -2.39. The molecule has 0 atom stereocenters. The van der Waals surface area contributed by atoms with Gasteiger partial charge in [-0.25, -0.2) is 4.98 Å². The first-order valence-corrected chi connectivity index (χ1v) is 8.03. The summed E-state index contributed by atoms with van der Waals surface area (Å²) in [6.07, 6.45) is -10.3. The average Bonchev–Trinajstić information content (AvgIpc) is 2.91. The molecule has 0 amide bonds. The Labute approximate surface area is 154 Å². The zero-order valence-electron chi connectivity index (χ0n) is 13.7. The molecular formula is C14H10F8N4OS. The van der Waals surface area contributed by atoms with Gasteiger partial charge < -0.3 is 5.73 Å². The fraction of sp³-hybridized carbons (Fsp3) is 0.357. The smallest absolute Gasteiger partial charge is 0.404 e. The quantitative estimate of drug-likeness (QED) is 0.590. The fourth-order valence-corrected chi connectivity index (χ4v) is 2.94. The van der Waals surface area contributed by atoms with Crippen molar-refractivity contribution in [1.29, 1.82) is 0 Å². The van der Waals surface area contributed by atoms with Gasteiger partial charge in [0.2, 0.25) is 0 Å². The molecule has 2 aromatic rings. The highest BCUT2D eigenvalue weighted by Gasteiger charge is 2.57. The van der Waals surface area contributed by atoms with E-state index in [9.17, 15) is 39.9 Å². The van der Waals surface area contributed by atoms with Crippen molar-refractivity contribution in [2.24, 2.45) is 10.7 Å². The minimum atomic E-state index is -5.90. The molecule has 0 saturated heterocycles. The van der Waals surface area contributed by atoms with E-state index in [1.165, 1.54) is 12.3 Å². The van der Waals surface area contributed by atoms with Gasteiger partial charge >= 0.3 is 18.3 Å². The van der Waals surface area contributed by atoms with Crippen LogP contribution in [0.3, 0.4) is 0 Å². The number of aromatic nitrogens is 2. The normalized spacial score (nSPS) is 14.4. The summed E-state index contributed by atoms with van der Waals surface area (Å²) in [4.78, 5) is 18.4. The zero-order chi connectivity index (χ0) is 21.5. The zero-order valence-corrected chi connectivity index (χ0v) is 14.5. The number of alkyl halides is 8. The Morgan fingerprint density at radius 3 is 2.36 bits per heavy atom. The lowest BCUT2D eigenvalue weighted by molar-refractivity contribution is -0.276. The summed E-state index contributed by atoms with van der Waals surface area (Å²) in [6.45, 7) is -0.683. The molecule has 2 rings (SSSR count). The maximum Gasteiger partial charge on any atom is 0.455 e. The standard InChI is InChI=1S/C14H10F8N4OS/c1-6-4-28-11-25-9(13(17,18)19)8(10(27)26(6)11)7(2-23)3-24-5-12(15,16)14(20,21)22/h2-4H,5,23H2,1H3. The van der Waals surface area contributed by atoms with Crippen LogP contribution in [0.4, 0.5) is 35.1 Å². The minimum absolute atomic E-state index is 0.240. The third kappa shape index (κ3) is 4.00. The van der Waals surface area contributed by atoms with Crippen molar-refractivity contribution in [3.63, 3.8) is 0 Å². The molecule has 0 spiro atoms. The molecule has 0 aliphatic heterocycles. The number of rotatable bonds is 4. The number of thiazole rings is 1. The van der Waals surface area contributed by atoms with Gasteiger partial charge in [-0.3, -0.25) is 14.2 Å². The summed E-state index contributed by atoms with van der Waals surface area (Å²) < 4.78 is 103. The summed E-state index contributed by atoms with van der Waals surface area (Å²) in [6, 6.07) is 0. The van der Waals surface area contributed by atoms with Gasteiger partial charge in [-0.15, -0.1) is 11.3 Å². The number of aliphatic imine (C=N–C) groups is 1. The van der Waals surface area contributed by atoms with Crippen LogP contribution in [-0.4, -0.2) is 34.2 Å². The van der Waals surface area contributed by atoms with Crippen LogP contribution in [0, 0.1) is 6.92 Å². The van der Waals surface area contributed by atoms with E-state index < -0.39 is 47.2 Å². The van der Waals surface area contributed by atoms with Gasteiger partial charge in [0.05, 0.1) is 5.56 Å². The van der Waals surface area contributed by atoms with Crippen molar-refractivity contribution in [3.8, 4) is 0 Å². The van der Waals surface area contributed by atoms with Gasteiger partial charge in [0.25, 0.3) is 5.56 Å². The summed E-state index contributed by atoms with van der Waals surface area (Å²) in [5.74, 6) is -5.21. The second-order valence-corrected chi connectivity index (χ2v) is 6.26. The van der Waals surface area contributed by atoms with Crippen molar-refractivity contribution in [1.82, 2.24) is 9.38 Å². The van der Waals surface area contributed by atoms with Crippen LogP contribution in [0.1, 0.15) is 17.0 Å². The minimum Gasteiger partial charge on any atom is -0.404 e. The van der Waals surface area contributed by atoms with E-state index in [-0.39, 0.29) is 16.9 Å². The highest BCUT2D eigenvalue weighted by Crippen LogP contribution is 2.36. The van der Waals surface area contributed by atoms with E-state index in [2.05, 4.69) is 9.98 Å². The third-order valence-electron chi connectivity index (χ3n) is 3.41. The second kappa shape index (κ2) is 7.14. The van der Waals surface area contributed by atoms with Gasteiger partial charge in [0, 0.05) is 29.1 Å². The summed E-state index contributed by atoms with van der Waals surface area (Å²) in [7, 11) is 0. The first-order chi connectivity index (χ1) is 12.7. The molecule has 154 valence electrons. The maximum absolute atomic E-state index is 13.3. The van der Waals surface area contributed by atoms with E-state index in [4.69, 9.17) is 5.73 Å². The van der Waals surface area contributed by atoms with E-state index in [1.54, 1.807) is 0 Å². The topological polar surface area (TPSA) is 72.8 Å². The van der Waals surface area contributed by atoms with Crippen LogP contribution in [0.25, 0.3) is 10.5 Å². The number of hydrogen-bond donors (Lipinski definition) is 1. The largest absolute Gasteiger partial charge is 0.455 e. The van der Waals surface area contributed by atoms with E-state index in [0.717, 1.165) is 15.7 Å². The molecule has 0 saturated carbocycles. The van der Waals surface area contributed by atoms with E-state index in [0.29, 0.717) is 6.20 Å². The van der Waals surface area contributed by atoms with Crippen molar-refractivity contribution < 1.29 is 35.1 Å². The van der Waals surface area contributed by atoms with Crippen molar-refractivity contribution in [3.05, 3.63) is 38.9 Å². The molecule has 0 aliphatic carbocycles. The molecule has 2 N–H and O–H groups in total. The molecule has 0 fully saturated rings. The van der Waals surface area contributed by atoms with Crippen LogP contribution in [0.15, 0.2) is 21.4 Å². The molecule has 28 heavy (non-hydrogen) atoms. The van der Waals surface area contributed by atoms with Gasteiger partial charge in [-0.2, -0.15) is 35.1 Å². The second-order valence-electron chi connectivity index (χ2n) is 5.43. The number of allylic oxidation sites excluding steroid dienone is 1. The molecule has 2 heterocycles. The van der Waals surface area contributed by atoms with Crippen LogP contribution in [-0.2, 0) is 6.18 Å².